The fourth-order valence-corrected chi connectivity index (χ4v) is 3.70. The molecule has 2 rings (SSSR count). The van der Waals surface area contributed by atoms with Gasteiger partial charge in [0.25, 0.3) is 0 Å². The molecule has 0 radical (unpaired) electrons. The molecule has 1 saturated carbocycles. The summed E-state index contributed by atoms with van der Waals surface area (Å²) < 4.78 is 1.09. The Morgan fingerprint density at radius 2 is 2.20 bits per heavy atom. The molecule has 1 nitrogen and oxygen atoms in total. The molecule has 0 atom stereocenters. The Balaban J connectivity index is 2.03. The zero-order valence-electron chi connectivity index (χ0n) is 8.88. The summed E-state index contributed by atoms with van der Waals surface area (Å²) in [5, 5.41) is 2.04. The first-order chi connectivity index (χ1) is 7.10. The van der Waals surface area contributed by atoms with Crippen molar-refractivity contribution < 1.29 is 4.79 Å². The van der Waals surface area contributed by atoms with Crippen LogP contribution in [0.1, 0.15) is 37.5 Å². The second-order valence-corrected chi connectivity index (χ2v) is 6.51. The largest absolute Gasteiger partial charge is 0.299 e. The Kier molecular flexibility index (Phi) is 3.31. The molecule has 15 heavy (non-hydrogen) atoms. The van der Waals surface area contributed by atoms with E-state index in [1.165, 1.54) is 17.7 Å². The lowest BCUT2D eigenvalue weighted by molar-refractivity contribution is -0.126. The van der Waals surface area contributed by atoms with Crippen molar-refractivity contribution in [2.75, 3.05) is 0 Å². The van der Waals surface area contributed by atoms with Gasteiger partial charge in [0.05, 0.1) is 0 Å². The molecule has 0 amide bonds. The molecule has 1 fully saturated rings. The fraction of sp³-hybridized carbons (Fsp3) is 0.583. The molecule has 0 unspecified atom stereocenters. The summed E-state index contributed by atoms with van der Waals surface area (Å²) in [7, 11) is 0. The highest BCUT2D eigenvalue weighted by Gasteiger charge is 2.35. The molecule has 1 heterocycles. The fourth-order valence-electron chi connectivity index (χ4n) is 2.25. The minimum absolute atomic E-state index is 0.0313. The maximum Gasteiger partial charge on any atom is 0.143 e. The number of carbonyl (C=O) groups is 1. The summed E-state index contributed by atoms with van der Waals surface area (Å²) in [5.74, 6) is 0.425. The summed E-state index contributed by atoms with van der Waals surface area (Å²) >= 11 is 5.09. The molecule has 0 bridgehead atoms. The van der Waals surface area contributed by atoms with Crippen molar-refractivity contribution in [3.05, 3.63) is 20.8 Å². The third-order valence-corrected chi connectivity index (χ3v) is 5.03. The quantitative estimate of drug-likeness (QED) is 0.814. The lowest BCUT2D eigenvalue weighted by Gasteiger charge is -2.21. The van der Waals surface area contributed by atoms with Gasteiger partial charge in [-0.05, 0) is 34.8 Å². The number of hydrogen-bond donors (Lipinski definition) is 0. The lowest BCUT2D eigenvalue weighted by atomic mass is 9.82. The number of ketones is 1. The Morgan fingerprint density at radius 1 is 1.53 bits per heavy atom. The molecule has 1 aromatic rings. The molecule has 1 aliphatic carbocycles. The molecule has 0 aromatic carbocycles. The van der Waals surface area contributed by atoms with Crippen LogP contribution >= 0.6 is 27.3 Å². The van der Waals surface area contributed by atoms with Gasteiger partial charge in [0.1, 0.15) is 5.78 Å². The Labute approximate surface area is 103 Å². The first-order valence-electron chi connectivity index (χ1n) is 5.36. The van der Waals surface area contributed by atoms with Gasteiger partial charge in [-0.15, -0.1) is 11.3 Å². The predicted octanol–water partition coefficient (Wildman–Crippen LogP) is 4.20. The number of halogens is 1. The summed E-state index contributed by atoms with van der Waals surface area (Å²) in [4.78, 5) is 13.3. The second-order valence-electron chi connectivity index (χ2n) is 4.60. The molecular weight excluding hydrogens is 272 g/mol. The molecule has 0 saturated heterocycles. The minimum atomic E-state index is -0.0313. The van der Waals surface area contributed by atoms with Crippen LogP contribution in [-0.2, 0) is 11.2 Å². The Hall–Kier alpha value is -0.150. The van der Waals surface area contributed by atoms with E-state index in [1.54, 1.807) is 11.3 Å². The van der Waals surface area contributed by atoms with Crippen LogP contribution in [-0.4, -0.2) is 5.78 Å². The van der Waals surface area contributed by atoms with E-state index in [0.717, 1.165) is 17.3 Å². The van der Waals surface area contributed by atoms with Crippen LogP contribution < -0.4 is 0 Å². The molecule has 82 valence electrons. The molecule has 1 aromatic heterocycles. The zero-order chi connectivity index (χ0) is 10.9. The van der Waals surface area contributed by atoms with Crippen LogP contribution in [0.25, 0.3) is 0 Å². The zero-order valence-corrected chi connectivity index (χ0v) is 11.3. The van der Waals surface area contributed by atoms with Gasteiger partial charge in [-0.2, -0.15) is 0 Å². The van der Waals surface area contributed by atoms with E-state index in [-0.39, 0.29) is 5.41 Å². The summed E-state index contributed by atoms with van der Waals surface area (Å²) in [6, 6.07) is 2.06. The van der Waals surface area contributed by atoms with Gasteiger partial charge >= 0.3 is 0 Å². The van der Waals surface area contributed by atoms with E-state index in [4.69, 9.17) is 0 Å². The van der Waals surface area contributed by atoms with Crippen LogP contribution in [0, 0.1) is 5.41 Å². The maximum atomic E-state index is 12.1. The smallest absolute Gasteiger partial charge is 0.143 e. The van der Waals surface area contributed by atoms with Crippen LogP contribution in [0.15, 0.2) is 15.9 Å². The van der Waals surface area contributed by atoms with Gasteiger partial charge in [0.2, 0.25) is 0 Å². The first-order valence-corrected chi connectivity index (χ1v) is 7.04. The predicted molar refractivity (Wildman–Crippen MR) is 67.3 cm³/mol. The summed E-state index contributed by atoms with van der Waals surface area (Å²) in [5.41, 5.74) is -0.0313. The van der Waals surface area contributed by atoms with Gasteiger partial charge in [-0.25, -0.2) is 0 Å². The molecule has 0 spiro atoms. The van der Waals surface area contributed by atoms with Crippen LogP contribution in [0.2, 0.25) is 0 Å². The highest BCUT2D eigenvalue weighted by Crippen LogP contribution is 2.39. The van der Waals surface area contributed by atoms with E-state index in [0.29, 0.717) is 12.2 Å². The number of hydrogen-bond acceptors (Lipinski definition) is 2. The van der Waals surface area contributed by atoms with Gasteiger partial charge < -0.3 is 0 Å². The van der Waals surface area contributed by atoms with Crippen molar-refractivity contribution in [3.8, 4) is 0 Å². The van der Waals surface area contributed by atoms with Gasteiger partial charge in [-0.3, -0.25) is 4.79 Å². The monoisotopic (exact) mass is 286 g/mol. The average molecular weight is 287 g/mol. The first kappa shape index (κ1) is 11.3. The van der Waals surface area contributed by atoms with E-state index in [1.807, 2.05) is 5.38 Å². The van der Waals surface area contributed by atoms with Crippen LogP contribution in [0.3, 0.4) is 0 Å². The van der Waals surface area contributed by atoms with Gasteiger partial charge in [0, 0.05) is 26.6 Å². The van der Waals surface area contributed by atoms with Crippen molar-refractivity contribution in [1.29, 1.82) is 0 Å². The normalized spacial score (nSPS) is 19.3. The van der Waals surface area contributed by atoms with Gasteiger partial charge in [-0.1, -0.05) is 19.8 Å². The van der Waals surface area contributed by atoms with Gasteiger partial charge in [0.15, 0.2) is 0 Å². The third-order valence-electron chi connectivity index (χ3n) is 3.34. The Bertz CT molecular complexity index is 363. The van der Waals surface area contributed by atoms with E-state index in [9.17, 15) is 4.79 Å². The maximum absolute atomic E-state index is 12.1. The van der Waals surface area contributed by atoms with Crippen LogP contribution in [0.5, 0.6) is 0 Å². The summed E-state index contributed by atoms with van der Waals surface area (Å²) in [6.07, 6.45) is 5.22. The number of carbonyl (C=O) groups excluding carboxylic acids is 1. The minimum Gasteiger partial charge on any atom is -0.299 e. The molecule has 1 aliphatic rings. The van der Waals surface area contributed by atoms with Crippen molar-refractivity contribution in [2.24, 2.45) is 5.41 Å². The Morgan fingerprint density at radius 3 is 2.73 bits per heavy atom. The van der Waals surface area contributed by atoms with Crippen molar-refractivity contribution in [3.63, 3.8) is 0 Å². The number of rotatable bonds is 3. The van der Waals surface area contributed by atoms with Crippen molar-refractivity contribution in [2.45, 2.75) is 39.0 Å². The molecule has 0 aliphatic heterocycles. The highest BCUT2D eigenvalue weighted by atomic mass is 79.9. The molecule has 3 heteroatoms. The molecule has 0 N–H and O–H groups in total. The lowest BCUT2D eigenvalue weighted by Crippen LogP contribution is -2.25. The summed E-state index contributed by atoms with van der Waals surface area (Å²) in [6.45, 7) is 2.13. The molecular formula is C12H15BrOS. The number of Topliss-reactive ketones (excluding diaryl/α,β-unsaturated/α-hetero) is 1. The second kappa shape index (κ2) is 4.38. The number of thiophene rings is 1. The van der Waals surface area contributed by atoms with E-state index in [2.05, 4.69) is 28.9 Å². The van der Waals surface area contributed by atoms with Crippen molar-refractivity contribution >= 4 is 33.0 Å². The highest BCUT2D eigenvalue weighted by molar-refractivity contribution is 9.10. The topological polar surface area (TPSA) is 17.1 Å². The van der Waals surface area contributed by atoms with Crippen molar-refractivity contribution in [1.82, 2.24) is 0 Å². The standard InChI is InChI=1S/C12H15BrOS/c1-12(4-2-3-5-12)11(14)7-10-6-9(13)8-15-10/h6,8H,2-5,7H2,1H3. The third kappa shape index (κ3) is 2.51. The van der Waals surface area contributed by atoms with Crippen LogP contribution in [0.4, 0.5) is 0 Å². The SMILES string of the molecule is CC1(C(=O)Cc2cc(Br)cs2)CCCC1. The average Bonchev–Trinajstić information content (AvgIpc) is 2.76. The van der Waals surface area contributed by atoms with E-state index < -0.39 is 0 Å². The van der Waals surface area contributed by atoms with E-state index >= 15 is 0 Å².